The van der Waals surface area contributed by atoms with E-state index in [0.29, 0.717) is 35.7 Å². The third-order valence-electron chi connectivity index (χ3n) is 5.68. The summed E-state index contributed by atoms with van der Waals surface area (Å²) in [7, 11) is 0. The van der Waals surface area contributed by atoms with Crippen LogP contribution < -0.4 is 5.32 Å². The van der Waals surface area contributed by atoms with Gasteiger partial charge in [0.05, 0.1) is 17.9 Å². The van der Waals surface area contributed by atoms with Crippen LogP contribution in [0.3, 0.4) is 0 Å². The zero-order valence-corrected chi connectivity index (χ0v) is 15.1. The number of hydrogen-bond donors (Lipinski definition) is 2. The van der Waals surface area contributed by atoms with Crippen molar-refractivity contribution in [3.8, 4) is 0 Å². The van der Waals surface area contributed by atoms with Gasteiger partial charge >= 0.3 is 0 Å². The minimum absolute atomic E-state index is 0.00784. The van der Waals surface area contributed by atoms with Crippen molar-refractivity contribution >= 4 is 22.8 Å². The lowest BCUT2D eigenvalue weighted by Crippen LogP contribution is -2.61. The summed E-state index contributed by atoms with van der Waals surface area (Å²) in [5.74, 6) is -0.762. The topological polar surface area (TPSA) is 91.2 Å². The van der Waals surface area contributed by atoms with Crippen molar-refractivity contribution in [3.05, 3.63) is 53.3 Å². The summed E-state index contributed by atoms with van der Waals surface area (Å²) in [6, 6.07) is 5.95. The number of H-pyrrole nitrogens is 1. The first-order chi connectivity index (χ1) is 13.6. The summed E-state index contributed by atoms with van der Waals surface area (Å²) in [4.78, 5) is 26.6. The Morgan fingerprint density at radius 3 is 2.82 bits per heavy atom. The van der Waals surface area contributed by atoms with E-state index in [1.54, 1.807) is 12.1 Å². The van der Waals surface area contributed by atoms with Gasteiger partial charge in [-0.15, -0.1) is 0 Å². The maximum atomic E-state index is 14.2. The second-order valence-corrected chi connectivity index (χ2v) is 7.47. The fraction of sp³-hybridized carbons (Fsp3) is 0.350. The molecule has 1 aliphatic carbocycles. The first-order valence-corrected chi connectivity index (χ1v) is 9.41. The Balaban J connectivity index is 1.22. The predicted octanol–water partition coefficient (Wildman–Crippen LogP) is 2.82. The third kappa shape index (κ3) is 2.76. The van der Waals surface area contributed by atoms with E-state index in [4.69, 9.17) is 4.42 Å². The summed E-state index contributed by atoms with van der Waals surface area (Å²) in [5, 5.41) is 10.4. The summed E-state index contributed by atoms with van der Waals surface area (Å²) in [5.41, 5.74) is 1.84. The van der Waals surface area contributed by atoms with Gasteiger partial charge in [-0.2, -0.15) is 5.10 Å². The van der Waals surface area contributed by atoms with Crippen LogP contribution >= 0.6 is 0 Å². The predicted molar refractivity (Wildman–Crippen MR) is 98.5 cm³/mol. The number of carbonyl (C=O) groups excluding carboxylic acids is 2. The van der Waals surface area contributed by atoms with Crippen molar-refractivity contribution in [2.24, 2.45) is 0 Å². The number of aromatic nitrogens is 2. The monoisotopic (exact) mass is 382 g/mol. The molecule has 0 bridgehead atoms. The fourth-order valence-electron chi connectivity index (χ4n) is 3.77. The lowest BCUT2D eigenvalue weighted by atomic mass is 9.83. The van der Waals surface area contributed by atoms with Gasteiger partial charge in [0.15, 0.2) is 0 Å². The number of nitrogens with one attached hydrogen (secondary N) is 2. The number of furan rings is 1. The highest BCUT2D eigenvalue weighted by Crippen LogP contribution is 2.35. The number of halogens is 1. The average Bonchev–Trinajstić information content (AvgIpc) is 3.24. The zero-order valence-electron chi connectivity index (χ0n) is 15.1. The highest BCUT2D eigenvalue weighted by atomic mass is 19.1. The van der Waals surface area contributed by atoms with Crippen molar-refractivity contribution in [1.82, 2.24) is 20.4 Å². The number of nitrogens with zero attached hydrogens (tertiary/aromatic N) is 2. The van der Waals surface area contributed by atoms with Gasteiger partial charge < -0.3 is 14.6 Å². The van der Waals surface area contributed by atoms with Gasteiger partial charge in [0.25, 0.3) is 11.8 Å². The largest absolute Gasteiger partial charge is 0.464 e. The van der Waals surface area contributed by atoms with Gasteiger partial charge in [-0.1, -0.05) is 6.42 Å². The van der Waals surface area contributed by atoms with Crippen LogP contribution in [0.15, 0.2) is 34.9 Å². The van der Waals surface area contributed by atoms with Gasteiger partial charge in [-0.05, 0) is 37.1 Å². The number of rotatable bonds is 4. The van der Waals surface area contributed by atoms with Crippen LogP contribution in [-0.2, 0) is 0 Å². The van der Waals surface area contributed by atoms with Crippen LogP contribution in [0.5, 0.6) is 0 Å². The number of aromatic amines is 1. The molecule has 0 atom stereocenters. The first-order valence-electron chi connectivity index (χ1n) is 9.41. The van der Waals surface area contributed by atoms with Crippen molar-refractivity contribution in [1.29, 1.82) is 0 Å². The highest BCUT2D eigenvalue weighted by Gasteiger charge is 2.35. The van der Waals surface area contributed by atoms with E-state index in [0.717, 1.165) is 18.5 Å². The number of fused-ring (bicyclic) bond motifs is 1. The van der Waals surface area contributed by atoms with E-state index in [2.05, 4.69) is 15.5 Å². The Hall–Kier alpha value is -3.16. The van der Waals surface area contributed by atoms with Gasteiger partial charge in [-0.25, -0.2) is 4.39 Å². The molecule has 1 saturated heterocycles. The lowest BCUT2D eigenvalue weighted by Gasteiger charge is -2.39. The van der Waals surface area contributed by atoms with Gasteiger partial charge in [0, 0.05) is 30.1 Å². The molecule has 8 heteroatoms. The van der Waals surface area contributed by atoms with E-state index < -0.39 is 11.7 Å². The summed E-state index contributed by atoms with van der Waals surface area (Å²) >= 11 is 0. The lowest BCUT2D eigenvalue weighted by molar-refractivity contribution is 0.0539. The quantitative estimate of drug-likeness (QED) is 0.726. The third-order valence-corrected chi connectivity index (χ3v) is 5.68. The second kappa shape index (κ2) is 6.47. The molecule has 0 radical (unpaired) electrons. The van der Waals surface area contributed by atoms with Gasteiger partial charge in [0.2, 0.25) is 0 Å². The van der Waals surface area contributed by atoms with Gasteiger partial charge in [0.1, 0.15) is 17.1 Å². The first kappa shape index (κ1) is 17.0. The van der Waals surface area contributed by atoms with Crippen molar-refractivity contribution < 1.29 is 18.4 Å². The minimum Gasteiger partial charge on any atom is -0.464 e. The highest BCUT2D eigenvalue weighted by molar-refractivity contribution is 6.06. The van der Waals surface area contributed by atoms with E-state index in [1.807, 2.05) is 0 Å². The molecule has 2 N–H and O–H groups in total. The summed E-state index contributed by atoms with van der Waals surface area (Å²) < 4.78 is 19.5. The smallest absolute Gasteiger partial charge is 0.272 e. The molecule has 144 valence electrons. The van der Waals surface area contributed by atoms with E-state index in [1.165, 1.54) is 29.7 Å². The van der Waals surface area contributed by atoms with E-state index >= 15 is 0 Å². The number of benzene rings is 1. The van der Waals surface area contributed by atoms with E-state index in [-0.39, 0.29) is 17.5 Å². The average molecular weight is 382 g/mol. The van der Waals surface area contributed by atoms with Crippen molar-refractivity contribution in [2.75, 3.05) is 13.1 Å². The maximum Gasteiger partial charge on any atom is 0.272 e. The number of carbonyl (C=O) groups is 2. The number of amides is 2. The van der Waals surface area contributed by atoms with Crippen LogP contribution in [0, 0.1) is 5.82 Å². The van der Waals surface area contributed by atoms with Crippen LogP contribution in [0.1, 0.15) is 51.7 Å². The van der Waals surface area contributed by atoms with Crippen LogP contribution in [0.25, 0.3) is 11.0 Å². The minimum atomic E-state index is -0.577. The summed E-state index contributed by atoms with van der Waals surface area (Å²) in [6.07, 6.45) is 4.90. The Morgan fingerprint density at radius 1 is 1.25 bits per heavy atom. The van der Waals surface area contributed by atoms with Crippen LogP contribution in [-0.4, -0.2) is 46.0 Å². The molecule has 2 fully saturated rings. The molecule has 0 spiro atoms. The zero-order chi connectivity index (χ0) is 19.3. The molecule has 2 aromatic heterocycles. The molecule has 7 nitrogen and oxygen atoms in total. The number of likely N-dealkylation sites (tertiary alicyclic amines) is 1. The molecule has 5 rings (SSSR count). The molecule has 1 aliphatic heterocycles. The maximum absolute atomic E-state index is 14.2. The Labute approximate surface area is 159 Å². The standard InChI is InChI=1S/C20H19FN4O3/c21-14-4-5-17-13(6-7-28-17)18(14)20(27)25-9-12(10-25)22-19(26)16-8-15(23-24-16)11-2-1-3-11/h4-8,11-12H,1-3,9-10H2,(H,22,26)(H,23,24). The van der Waals surface area contributed by atoms with Crippen LogP contribution in [0.2, 0.25) is 0 Å². The van der Waals surface area contributed by atoms with Crippen LogP contribution in [0.4, 0.5) is 4.39 Å². The fourth-order valence-corrected chi connectivity index (χ4v) is 3.77. The van der Waals surface area contributed by atoms with Gasteiger partial charge in [-0.3, -0.25) is 14.7 Å². The molecule has 1 aromatic carbocycles. The molecule has 3 aromatic rings. The molecule has 1 saturated carbocycles. The van der Waals surface area contributed by atoms with E-state index in [9.17, 15) is 14.0 Å². The second-order valence-electron chi connectivity index (χ2n) is 7.47. The number of hydrogen-bond acceptors (Lipinski definition) is 4. The molecule has 28 heavy (non-hydrogen) atoms. The normalized spacial score (nSPS) is 17.4. The Morgan fingerprint density at radius 2 is 2.07 bits per heavy atom. The Bertz CT molecular complexity index is 1060. The molecular formula is C20H19FN4O3. The van der Waals surface area contributed by atoms with Crippen molar-refractivity contribution in [2.45, 2.75) is 31.2 Å². The molecule has 2 amide bonds. The molecule has 3 heterocycles. The van der Waals surface area contributed by atoms with Crippen molar-refractivity contribution in [3.63, 3.8) is 0 Å². The SMILES string of the molecule is O=C(NC1CN(C(=O)c2c(F)ccc3occc23)C1)c1cc(C2CCC2)[nH]n1. The summed E-state index contributed by atoms with van der Waals surface area (Å²) in [6.45, 7) is 0.663. The molecule has 0 unspecified atom stereocenters. The molecular weight excluding hydrogens is 363 g/mol. The Kier molecular flexibility index (Phi) is 3.92. The molecule has 2 aliphatic rings.